The van der Waals surface area contributed by atoms with Crippen molar-refractivity contribution >= 4 is 22.8 Å². The molecule has 0 radical (unpaired) electrons. The molecule has 2 heterocycles. The lowest BCUT2D eigenvalue weighted by molar-refractivity contribution is 0.267. The molecule has 0 spiro atoms. The van der Waals surface area contributed by atoms with E-state index in [9.17, 15) is 5.11 Å². The van der Waals surface area contributed by atoms with Crippen LogP contribution >= 0.6 is 0 Å². The molecule has 0 fully saturated rings. The molecule has 0 saturated carbocycles. The molecule has 0 amide bonds. The number of benzene rings is 1. The minimum atomic E-state index is -0.0881. The van der Waals surface area contributed by atoms with Crippen LogP contribution in [0.3, 0.4) is 0 Å². The topological polar surface area (TPSA) is 101 Å². The summed E-state index contributed by atoms with van der Waals surface area (Å²) in [6, 6.07) is 9.45. The van der Waals surface area contributed by atoms with E-state index in [2.05, 4.69) is 32.5 Å². The number of nitrogens with one attached hydrogen (secondary N) is 2. The Kier molecular flexibility index (Phi) is 7.83. The maximum absolute atomic E-state index is 9.80. The Morgan fingerprint density at radius 3 is 2.61 bits per heavy atom. The number of unbranched alkanes of at least 4 members (excludes halogenated alkanes) is 1. The highest BCUT2D eigenvalue weighted by molar-refractivity contribution is 5.86. The van der Waals surface area contributed by atoms with E-state index in [1.165, 1.54) is 0 Å². The molecule has 0 aliphatic carbocycles. The van der Waals surface area contributed by atoms with Gasteiger partial charge in [0.05, 0.1) is 32.4 Å². The van der Waals surface area contributed by atoms with Crippen LogP contribution in [-0.4, -0.2) is 46.9 Å². The molecule has 1 aromatic carbocycles. The Hall–Kier alpha value is -3.13. The van der Waals surface area contributed by atoms with E-state index in [0.717, 1.165) is 47.5 Å². The summed E-state index contributed by atoms with van der Waals surface area (Å²) in [5, 5.41) is 16.4. The zero-order valence-corrected chi connectivity index (χ0v) is 18.6. The summed E-state index contributed by atoms with van der Waals surface area (Å²) in [5.74, 6) is 2.56. The number of aliphatic hydroxyl groups is 1. The molecule has 0 saturated heterocycles. The third-order valence-electron chi connectivity index (χ3n) is 5.08. The molecule has 0 bridgehead atoms. The van der Waals surface area contributed by atoms with Crippen LogP contribution in [0.15, 0.2) is 30.3 Å². The molecule has 3 N–H and O–H groups in total. The number of aryl methyl sites for hydroxylation is 1. The van der Waals surface area contributed by atoms with Gasteiger partial charge in [0.2, 0.25) is 5.95 Å². The number of hydrogen-bond acceptors (Lipinski definition) is 8. The zero-order valence-electron chi connectivity index (χ0n) is 18.6. The zero-order chi connectivity index (χ0) is 22.2. The van der Waals surface area contributed by atoms with Crippen molar-refractivity contribution in [2.75, 3.05) is 31.5 Å². The highest BCUT2D eigenvalue weighted by Gasteiger charge is 2.15. The van der Waals surface area contributed by atoms with Crippen molar-refractivity contribution in [1.82, 2.24) is 15.0 Å². The second-order valence-corrected chi connectivity index (χ2v) is 7.41. The summed E-state index contributed by atoms with van der Waals surface area (Å²) in [7, 11) is 3.26. The van der Waals surface area contributed by atoms with Gasteiger partial charge in [0.1, 0.15) is 17.0 Å². The lowest BCUT2D eigenvalue weighted by Crippen LogP contribution is -2.25. The molecule has 166 valence electrons. The summed E-state index contributed by atoms with van der Waals surface area (Å²) in [4.78, 5) is 13.9. The summed E-state index contributed by atoms with van der Waals surface area (Å²) < 4.78 is 10.7. The molecule has 2 aromatic heterocycles. The maximum atomic E-state index is 9.80. The van der Waals surface area contributed by atoms with Gasteiger partial charge in [-0.05, 0) is 37.6 Å². The molecule has 0 aliphatic rings. The van der Waals surface area contributed by atoms with Crippen LogP contribution in [0.4, 0.5) is 11.8 Å². The van der Waals surface area contributed by atoms with Gasteiger partial charge in [-0.1, -0.05) is 19.8 Å². The smallest absolute Gasteiger partial charge is 0.225 e. The minimum Gasteiger partial charge on any atom is -0.497 e. The normalized spacial score (nSPS) is 11.9. The van der Waals surface area contributed by atoms with E-state index in [-0.39, 0.29) is 12.6 Å². The molecule has 8 nitrogen and oxygen atoms in total. The number of aliphatic hydroxyl groups excluding tert-OH is 1. The first kappa shape index (κ1) is 22.6. The van der Waals surface area contributed by atoms with Crippen molar-refractivity contribution in [1.29, 1.82) is 0 Å². The lowest BCUT2D eigenvalue weighted by atomic mass is 10.1. The largest absolute Gasteiger partial charge is 0.497 e. The average molecular weight is 426 g/mol. The van der Waals surface area contributed by atoms with E-state index >= 15 is 0 Å². The molecule has 31 heavy (non-hydrogen) atoms. The molecule has 0 aliphatic heterocycles. The third kappa shape index (κ3) is 5.73. The van der Waals surface area contributed by atoms with Gasteiger partial charge in [0.25, 0.3) is 0 Å². The number of aromatic nitrogens is 3. The van der Waals surface area contributed by atoms with Crippen LogP contribution in [0.2, 0.25) is 0 Å². The van der Waals surface area contributed by atoms with Gasteiger partial charge in [-0.25, -0.2) is 9.97 Å². The predicted molar refractivity (Wildman–Crippen MR) is 123 cm³/mol. The fourth-order valence-corrected chi connectivity index (χ4v) is 3.32. The van der Waals surface area contributed by atoms with Gasteiger partial charge in [0.15, 0.2) is 5.82 Å². The number of hydrogen-bond donors (Lipinski definition) is 3. The number of nitrogens with zero attached hydrogens (tertiary/aromatic N) is 3. The van der Waals surface area contributed by atoms with Crippen molar-refractivity contribution in [2.24, 2.45) is 0 Å². The van der Waals surface area contributed by atoms with Gasteiger partial charge in [0, 0.05) is 23.9 Å². The van der Waals surface area contributed by atoms with Crippen molar-refractivity contribution in [2.45, 2.75) is 45.7 Å². The average Bonchev–Trinajstić information content (AvgIpc) is 2.80. The van der Waals surface area contributed by atoms with E-state index in [1.54, 1.807) is 14.2 Å². The Balaban J connectivity index is 1.88. The van der Waals surface area contributed by atoms with Crippen LogP contribution in [0.5, 0.6) is 11.5 Å². The quantitative estimate of drug-likeness (QED) is 0.425. The summed E-state index contributed by atoms with van der Waals surface area (Å²) in [6.45, 7) is 4.58. The van der Waals surface area contributed by atoms with Crippen LogP contribution in [0, 0.1) is 6.92 Å². The number of methoxy groups -OCH3 is 2. The van der Waals surface area contributed by atoms with Gasteiger partial charge in [-0.2, -0.15) is 4.98 Å². The SMILES string of the molecule is CCCC[C@@H](CO)Nc1nc(NCc2ccc(OC)cc2OC)nc2ccc(C)nc12. The van der Waals surface area contributed by atoms with Crippen molar-refractivity contribution in [3.63, 3.8) is 0 Å². The first-order valence-corrected chi connectivity index (χ1v) is 10.6. The van der Waals surface area contributed by atoms with Crippen molar-refractivity contribution < 1.29 is 14.6 Å². The van der Waals surface area contributed by atoms with Crippen molar-refractivity contribution in [3.8, 4) is 11.5 Å². The summed E-state index contributed by atoms with van der Waals surface area (Å²) >= 11 is 0. The standard InChI is InChI=1S/C23H31N5O3/c1-5-6-7-17(14-29)26-22-21-19(11-8-15(2)25-21)27-23(28-22)24-13-16-9-10-18(30-3)12-20(16)31-4/h8-12,17,29H,5-7,13-14H2,1-4H3,(H2,24,26,27,28)/t17-/m0/s1. The number of fused-ring (bicyclic) bond motifs is 1. The van der Waals surface area contributed by atoms with E-state index in [4.69, 9.17) is 9.47 Å². The van der Waals surface area contributed by atoms with Gasteiger partial charge in [-0.3, -0.25) is 0 Å². The number of rotatable bonds is 11. The lowest BCUT2D eigenvalue weighted by Gasteiger charge is -2.18. The molecular formula is C23H31N5O3. The Labute approximate surface area is 183 Å². The number of anilines is 2. The predicted octanol–water partition coefficient (Wildman–Crippen LogP) is 3.93. The minimum absolute atomic E-state index is 0.0309. The van der Waals surface area contributed by atoms with E-state index in [1.807, 2.05) is 37.3 Å². The highest BCUT2D eigenvalue weighted by atomic mass is 16.5. The second-order valence-electron chi connectivity index (χ2n) is 7.41. The van der Waals surface area contributed by atoms with Gasteiger partial charge < -0.3 is 25.2 Å². The molecule has 1 atom stereocenters. The van der Waals surface area contributed by atoms with Gasteiger partial charge >= 0.3 is 0 Å². The molecular weight excluding hydrogens is 394 g/mol. The Bertz CT molecular complexity index is 1010. The summed E-state index contributed by atoms with van der Waals surface area (Å²) in [6.07, 6.45) is 2.95. The fourth-order valence-electron chi connectivity index (χ4n) is 3.32. The highest BCUT2D eigenvalue weighted by Crippen LogP contribution is 2.26. The fraction of sp³-hybridized carbons (Fsp3) is 0.435. The molecule has 8 heteroatoms. The third-order valence-corrected chi connectivity index (χ3v) is 5.08. The second kappa shape index (κ2) is 10.8. The van der Waals surface area contributed by atoms with Crippen LogP contribution in [0.25, 0.3) is 11.0 Å². The number of ether oxygens (including phenoxy) is 2. The first-order valence-electron chi connectivity index (χ1n) is 10.6. The Morgan fingerprint density at radius 2 is 1.90 bits per heavy atom. The molecule has 3 rings (SSSR count). The first-order chi connectivity index (χ1) is 15.1. The summed E-state index contributed by atoms with van der Waals surface area (Å²) in [5.41, 5.74) is 3.28. The van der Waals surface area contributed by atoms with Gasteiger partial charge in [-0.15, -0.1) is 0 Å². The monoisotopic (exact) mass is 425 g/mol. The van der Waals surface area contributed by atoms with Crippen LogP contribution < -0.4 is 20.1 Å². The molecule has 0 unspecified atom stereocenters. The molecule has 3 aromatic rings. The van der Waals surface area contributed by atoms with E-state index < -0.39 is 0 Å². The van der Waals surface area contributed by atoms with Crippen LogP contribution in [-0.2, 0) is 6.54 Å². The number of pyridine rings is 1. The van der Waals surface area contributed by atoms with E-state index in [0.29, 0.717) is 23.8 Å². The maximum Gasteiger partial charge on any atom is 0.225 e. The van der Waals surface area contributed by atoms with Crippen molar-refractivity contribution in [3.05, 3.63) is 41.6 Å². The Morgan fingerprint density at radius 1 is 1.06 bits per heavy atom. The van der Waals surface area contributed by atoms with Crippen LogP contribution in [0.1, 0.15) is 37.4 Å².